The molecular weight excluding hydrogens is 252 g/mol. The molecule has 1 aromatic carbocycles. The molecule has 20 heavy (non-hydrogen) atoms. The lowest BCUT2D eigenvalue weighted by Crippen LogP contribution is -2.41. The Labute approximate surface area is 117 Å². The molecular formula is C15H16N4O. The van der Waals surface area contributed by atoms with E-state index >= 15 is 0 Å². The van der Waals surface area contributed by atoms with E-state index in [1.807, 2.05) is 50.4 Å². The first kappa shape index (κ1) is 12.6. The number of H-pyrrole nitrogens is 1. The van der Waals surface area contributed by atoms with Crippen LogP contribution in [0.5, 0.6) is 0 Å². The summed E-state index contributed by atoms with van der Waals surface area (Å²) in [5, 5.41) is 17.4. The first-order valence-electron chi connectivity index (χ1n) is 6.44. The number of aliphatic hydroxyl groups excluding tert-OH is 1. The van der Waals surface area contributed by atoms with Crippen molar-refractivity contribution < 1.29 is 5.11 Å². The van der Waals surface area contributed by atoms with Gasteiger partial charge in [-0.05, 0) is 13.0 Å². The number of benzene rings is 1. The van der Waals surface area contributed by atoms with E-state index in [9.17, 15) is 5.11 Å². The standard InChI is InChI=1S/C15H16N4O/c1-10-13(12-8-9-16-18-12)15(20)19(2)14(17-10)11-6-4-3-5-7-11/h3-9,15,20H,1-2H3,(H,16,18). The number of likely N-dealkylation sites (N-methyl/N-ethyl adjacent to an activating group) is 1. The summed E-state index contributed by atoms with van der Waals surface area (Å²) >= 11 is 0. The minimum absolute atomic E-state index is 0.747. The maximum atomic E-state index is 10.6. The minimum Gasteiger partial charge on any atom is -0.369 e. The highest BCUT2D eigenvalue weighted by molar-refractivity contribution is 6.02. The van der Waals surface area contributed by atoms with Gasteiger partial charge in [0.15, 0.2) is 6.23 Å². The second-order valence-electron chi connectivity index (χ2n) is 4.76. The number of amidine groups is 1. The number of aliphatic hydroxyl groups is 1. The van der Waals surface area contributed by atoms with Gasteiger partial charge in [0.2, 0.25) is 0 Å². The number of aromatic amines is 1. The topological polar surface area (TPSA) is 64.5 Å². The summed E-state index contributed by atoms with van der Waals surface area (Å²) < 4.78 is 0. The van der Waals surface area contributed by atoms with Crippen LogP contribution in [0.15, 0.2) is 53.3 Å². The molecule has 0 saturated carbocycles. The quantitative estimate of drug-likeness (QED) is 0.873. The summed E-state index contributed by atoms with van der Waals surface area (Å²) in [7, 11) is 1.83. The van der Waals surface area contributed by atoms with E-state index in [-0.39, 0.29) is 0 Å². The SMILES string of the molecule is CC1=C(c2ccn[nH]2)C(O)N(C)C(c2ccccc2)=N1. The van der Waals surface area contributed by atoms with Gasteiger partial charge < -0.3 is 10.0 Å². The smallest absolute Gasteiger partial charge is 0.157 e. The lowest BCUT2D eigenvalue weighted by molar-refractivity contribution is 0.121. The first-order valence-corrected chi connectivity index (χ1v) is 6.44. The second-order valence-corrected chi connectivity index (χ2v) is 4.76. The molecule has 102 valence electrons. The van der Waals surface area contributed by atoms with Crippen molar-refractivity contribution in [3.05, 3.63) is 59.5 Å². The van der Waals surface area contributed by atoms with E-state index in [2.05, 4.69) is 15.2 Å². The van der Waals surface area contributed by atoms with E-state index in [1.165, 1.54) is 0 Å². The fraction of sp³-hybridized carbons (Fsp3) is 0.200. The van der Waals surface area contributed by atoms with Crippen molar-refractivity contribution in [2.75, 3.05) is 7.05 Å². The molecule has 1 unspecified atom stereocenters. The Morgan fingerprint density at radius 3 is 2.60 bits per heavy atom. The summed E-state index contributed by atoms with van der Waals surface area (Å²) in [4.78, 5) is 6.40. The molecule has 2 N–H and O–H groups in total. The molecule has 1 aromatic heterocycles. The zero-order valence-corrected chi connectivity index (χ0v) is 11.4. The van der Waals surface area contributed by atoms with Crippen molar-refractivity contribution in [1.82, 2.24) is 15.1 Å². The number of nitrogens with zero attached hydrogens (tertiary/aromatic N) is 3. The summed E-state index contributed by atoms with van der Waals surface area (Å²) in [6, 6.07) is 11.7. The van der Waals surface area contributed by atoms with Gasteiger partial charge in [-0.25, -0.2) is 4.99 Å². The third-order valence-electron chi connectivity index (χ3n) is 3.45. The van der Waals surface area contributed by atoms with Gasteiger partial charge in [-0.15, -0.1) is 0 Å². The highest BCUT2D eigenvalue weighted by atomic mass is 16.3. The average molecular weight is 268 g/mol. The molecule has 0 saturated heterocycles. The maximum Gasteiger partial charge on any atom is 0.157 e. The Morgan fingerprint density at radius 2 is 1.95 bits per heavy atom. The van der Waals surface area contributed by atoms with Crippen LogP contribution in [-0.4, -0.2) is 39.3 Å². The third kappa shape index (κ3) is 2.02. The number of rotatable bonds is 2. The van der Waals surface area contributed by atoms with Crippen LogP contribution in [0.1, 0.15) is 18.2 Å². The van der Waals surface area contributed by atoms with Gasteiger partial charge in [0.25, 0.3) is 0 Å². The van der Waals surface area contributed by atoms with Crippen molar-refractivity contribution in [2.45, 2.75) is 13.2 Å². The van der Waals surface area contributed by atoms with Gasteiger partial charge in [0.05, 0.1) is 5.69 Å². The lowest BCUT2D eigenvalue weighted by Gasteiger charge is -2.32. The fourth-order valence-corrected chi connectivity index (χ4v) is 2.39. The maximum absolute atomic E-state index is 10.6. The van der Waals surface area contributed by atoms with E-state index in [4.69, 9.17) is 0 Å². The van der Waals surface area contributed by atoms with Crippen molar-refractivity contribution in [3.8, 4) is 0 Å². The van der Waals surface area contributed by atoms with Crippen molar-refractivity contribution in [2.24, 2.45) is 4.99 Å². The first-order chi connectivity index (χ1) is 9.68. The third-order valence-corrected chi connectivity index (χ3v) is 3.45. The number of aromatic nitrogens is 2. The molecule has 0 bridgehead atoms. The van der Waals surface area contributed by atoms with E-state index in [1.54, 1.807) is 11.1 Å². The second kappa shape index (κ2) is 4.94. The fourth-order valence-electron chi connectivity index (χ4n) is 2.39. The summed E-state index contributed by atoms with van der Waals surface area (Å²) in [6.45, 7) is 1.90. The molecule has 5 heteroatoms. The Kier molecular flexibility index (Phi) is 3.12. The molecule has 1 atom stereocenters. The van der Waals surface area contributed by atoms with Crippen LogP contribution in [0.25, 0.3) is 5.57 Å². The van der Waals surface area contributed by atoms with Gasteiger partial charge in [-0.3, -0.25) is 5.10 Å². The highest BCUT2D eigenvalue weighted by Crippen LogP contribution is 2.28. The zero-order valence-electron chi connectivity index (χ0n) is 11.4. The van der Waals surface area contributed by atoms with Crippen LogP contribution < -0.4 is 0 Å². The average Bonchev–Trinajstić information content (AvgIpc) is 2.98. The van der Waals surface area contributed by atoms with E-state index in [0.29, 0.717) is 0 Å². The van der Waals surface area contributed by atoms with E-state index < -0.39 is 6.23 Å². The molecule has 0 spiro atoms. The molecule has 3 rings (SSSR count). The molecule has 0 amide bonds. The highest BCUT2D eigenvalue weighted by Gasteiger charge is 2.28. The van der Waals surface area contributed by atoms with E-state index in [0.717, 1.165) is 28.4 Å². The van der Waals surface area contributed by atoms with Gasteiger partial charge in [-0.2, -0.15) is 5.10 Å². The summed E-state index contributed by atoms with van der Waals surface area (Å²) in [6.07, 6.45) is 0.918. The molecule has 2 aromatic rings. The van der Waals surface area contributed by atoms with Gasteiger partial charge in [-0.1, -0.05) is 30.3 Å². The number of hydrogen-bond acceptors (Lipinski definition) is 4. The van der Waals surface area contributed by atoms with Crippen LogP contribution in [0.2, 0.25) is 0 Å². The van der Waals surface area contributed by atoms with Crippen molar-refractivity contribution in [3.63, 3.8) is 0 Å². The van der Waals surface area contributed by atoms with Crippen molar-refractivity contribution in [1.29, 1.82) is 0 Å². The lowest BCUT2D eigenvalue weighted by atomic mass is 10.0. The number of allylic oxidation sites excluding steroid dienone is 1. The zero-order chi connectivity index (χ0) is 14.1. The number of aliphatic imine (C=N–C) groups is 1. The van der Waals surface area contributed by atoms with Crippen LogP contribution in [-0.2, 0) is 0 Å². The van der Waals surface area contributed by atoms with Gasteiger partial charge in [0, 0.05) is 30.1 Å². The monoisotopic (exact) mass is 268 g/mol. The van der Waals surface area contributed by atoms with Crippen LogP contribution in [0.3, 0.4) is 0 Å². The summed E-state index contributed by atoms with van der Waals surface area (Å²) in [5.74, 6) is 0.763. The predicted molar refractivity (Wildman–Crippen MR) is 77.9 cm³/mol. The molecule has 0 radical (unpaired) electrons. The molecule has 5 nitrogen and oxygen atoms in total. The minimum atomic E-state index is -0.747. The van der Waals surface area contributed by atoms with Crippen LogP contribution in [0.4, 0.5) is 0 Å². The molecule has 1 aliphatic heterocycles. The van der Waals surface area contributed by atoms with Crippen LogP contribution in [0, 0.1) is 0 Å². The molecule has 1 aliphatic rings. The van der Waals surface area contributed by atoms with Gasteiger partial charge >= 0.3 is 0 Å². The predicted octanol–water partition coefficient (Wildman–Crippen LogP) is 1.85. The largest absolute Gasteiger partial charge is 0.369 e. The molecule has 0 fully saturated rings. The Bertz CT molecular complexity index is 658. The normalized spacial score (nSPS) is 19.2. The van der Waals surface area contributed by atoms with Crippen molar-refractivity contribution >= 4 is 11.4 Å². The Hall–Kier alpha value is -2.40. The summed E-state index contributed by atoms with van der Waals surface area (Å²) in [5.41, 5.74) is 3.32. The Balaban J connectivity index is 2.09. The molecule has 0 aliphatic carbocycles. The molecule has 2 heterocycles. The van der Waals surface area contributed by atoms with Gasteiger partial charge in [0.1, 0.15) is 5.84 Å². The van der Waals surface area contributed by atoms with Crippen LogP contribution >= 0.6 is 0 Å². The number of nitrogens with one attached hydrogen (secondary N) is 1. The Morgan fingerprint density at radius 1 is 1.20 bits per heavy atom. The number of hydrogen-bond donors (Lipinski definition) is 2.